The number of likely N-dealkylation sites (tertiary alicyclic amines) is 1. The Bertz CT molecular complexity index is 542. The maximum absolute atomic E-state index is 12.6. The van der Waals surface area contributed by atoms with E-state index in [4.69, 9.17) is 5.11 Å². The first-order chi connectivity index (χ1) is 9.27. The van der Waals surface area contributed by atoms with Gasteiger partial charge in [-0.3, -0.25) is 9.59 Å². The van der Waals surface area contributed by atoms with Crippen LogP contribution in [0.3, 0.4) is 0 Å². The molecule has 1 aromatic carbocycles. The maximum Gasteiger partial charge on any atom is 0.416 e. The first-order valence-electron chi connectivity index (χ1n) is 5.94. The quantitative estimate of drug-likeness (QED) is 0.926. The number of halogens is 3. The predicted molar refractivity (Wildman–Crippen MR) is 62.6 cm³/mol. The molecule has 1 atom stereocenters. The second kappa shape index (κ2) is 5.15. The number of amides is 1. The van der Waals surface area contributed by atoms with Gasteiger partial charge in [0.25, 0.3) is 0 Å². The predicted octanol–water partition coefficient (Wildman–Crippen LogP) is 2.14. The van der Waals surface area contributed by atoms with Crippen molar-refractivity contribution in [3.05, 3.63) is 35.4 Å². The Kier molecular flexibility index (Phi) is 3.69. The van der Waals surface area contributed by atoms with Crippen LogP contribution in [0.4, 0.5) is 13.2 Å². The Morgan fingerprint density at radius 1 is 1.40 bits per heavy atom. The van der Waals surface area contributed by atoms with Crippen molar-refractivity contribution in [1.82, 2.24) is 4.90 Å². The van der Waals surface area contributed by atoms with E-state index in [0.29, 0.717) is 5.56 Å². The van der Waals surface area contributed by atoms with E-state index in [0.717, 1.165) is 12.1 Å². The van der Waals surface area contributed by atoms with Gasteiger partial charge in [-0.05, 0) is 17.7 Å². The highest BCUT2D eigenvalue weighted by molar-refractivity contribution is 5.86. The molecule has 1 N–H and O–H groups in total. The summed E-state index contributed by atoms with van der Waals surface area (Å²) in [5, 5.41) is 8.84. The number of carboxylic acid groups (broad SMARTS) is 1. The highest BCUT2D eigenvalue weighted by Crippen LogP contribution is 2.30. The number of hydrogen-bond donors (Lipinski definition) is 1. The minimum absolute atomic E-state index is 0.00741. The molecule has 1 aliphatic heterocycles. The molecule has 1 heterocycles. The molecular formula is C13H12F3NO3. The average Bonchev–Trinajstić information content (AvgIpc) is 2.70. The minimum Gasteiger partial charge on any atom is -0.481 e. The molecule has 0 aliphatic carbocycles. The number of carbonyl (C=O) groups is 2. The number of carboxylic acids is 1. The van der Waals surface area contributed by atoms with Crippen molar-refractivity contribution in [3.8, 4) is 0 Å². The maximum atomic E-state index is 12.6. The van der Waals surface area contributed by atoms with Crippen LogP contribution in [0.25, 0.3) is 0 Å². The van der Waals surface area contributed by atoms with Crippen LogP contribution in [0.1, 0.15) is 17.5 Å². The normalized spacial score (nSPS) is 19.4. The lowest BCUT2D eigenvalue weighted by Crippen LogP contribution is -2.25. The van der Waals surface area contributed by atoms with E-state index in [9.17, 15) is 22.8 Å². The lowest BCUT2D eigenvalue weighted by Gasteiger charge is -2.17. The van der Waals surface area contributed by atoms with Gasteiger partial charge in [-0.1, -0.05) is 12.1 Å². The van der Waals surface area contributed by atoms with Crippen LogP contribution in [0.5, 0.6) is 0 Å². The molecule has 4 nitrogen and oxygen atoms in total. The molecule has 7 heteroatoms. The first-order valence-corrected chi connectivity index (χ1v) is 5.94. The Morgan fingerprint density at radius 3 is 2.65 bits per heavy atom. The van der Waals surface area contributed by atoms with Gasteiger partial charge in [0.05, 0.1) is 11.5 Å². The van der Waals surface area contributed by atoms with Gasteiger partial charge >= 0.3 is 12.1 Å². The molecule has 1 aliphatic rings. The van der Waals surface area contributed by atoms with E-state index in [-0.39, 0.29) is 25.4 Å². The third-order valence-electron chi connectivity index (χ3n) is 3.19. The average molecular weight is 287 g/mol. The second-order valence-corrected chi connectivity index (χ2v) is 4.71. The van der Waals surface area contributed by atoms with Crippen LogP contribution >= 0.6 is 0 Å². The summed E-state index contributed by atoms with van der Waals surface area (Å²) in [5.41, 5.74) is -0.448. The SMILES string of the molecule is O=C(O)[C@@H]1CC(=O)N(Cc2cccc(C(F)(F)F)c2)C1. The lowest BCUT2D eigenvalue weighted by molar-refractivity contribution is -0.141. The molecule has 1 saturated heterocycles. The van der Waals surface area contributed by atoms with Gasteiger partial charge in [0, 0.05) is 19.5 Å². The summed E-state index contributed by atoms with van der Waals surface area (Å²) in [6.07, 6.45) is -4.54. The monoisotopic (exact) mass is 287 g/mol. The fourth-order valence-corrected chi connectivity index (χ4v) is 2.16. The van der Waals surface area contributed by atoms with Crippen molar-refractivity contribution >= 4 is 11.9 Å². The van der Waals surface area contributed by atoms with Gasteiger partial charge in [-0.2, -0.15) is 13.2 Å². The van der Waals surface area contributed by atoms with Crippen LogP contribution in [0.15, 0.2) is 24.3 Å². The topological polar surface area (TPSA) is 57.6 Å². The molecule has 0 aromatic heterocycles. The fraction of sp³-hybridized carbons (Fsp3) is 0.385. The van der Waals surface area contributed by atoms with Gasteiger partial charge in [-0.25, -0.2) is 0 Å². The van der Waals surface area contributed by atoms with Gasteiger partial charge in [-0.15, -0.1) is 0 Å². The van der Waals surface area contributed by atoms with E-state index in [1.54, 1.807) is 0 Å². The van der Waals surface area contributed by atoms with Crippen molar-refractivity contribution < 1.29 is 27.9 Å². The molecule has 2 rings (SSSR count). The molecule has 1 aromatic rings. The van der Waals surface area contributed by atoms with Gasteiger partial charge < -0.3 is 10.0 Å². The molecule has 1 fully saturated rings. The summed E-state index contributed by atoms with van der Waals surface area (Å²) in [5.74, 6) is -2.20. The largest absolute Gasteiger partial charge is 0.481 e. The standard InChI is InChI=1S/C13H12F3NO3/c14-13(15,16)10-3-1-2-8(4-10)6-17-7-9(12(19)20)5-11(17)18/h1-4,9H,5-7H2,(H,19,20)/t9-/m1/s1. The van der Waals surface area contributed by atoms with Gasteiger partial charge in [0.15, 0.2) is 0 Å². The summed E-state index contributed by atoms with van der Waals surface area (Å²) in [7, 11) is 0. The number of carbonyl (C=O) groups excluding carboxylic acids is 1. The number of hydrogen-bond acceptors (Lipinski definition) is 2. The van der Waals surface area contributed by atoms with Crippen LogP contribution in [-0.2, 0) is 22.3 Å². The third kappa shape index (κ3) is 3.09. The fourth-order valence-electron chi connectivity index (χ4n) is 2.16. The summed E-state index contributed by atoms with van der Waals surface area (Å²) in [6.45, 7) is 0.0247. The first kappa shape index (κ1) is 14.4. The molecule has 1 amide bonds. The Labute approximate surface area is 112 Å². The molecule has 0 spiro atoms. The molecule has 0 saturated carbocycles. The number of benzene rings is 1. The zero-order valence-corrected chi connectivity index (χ0v) is 10.4. The van der Waals surface area contributed by atoms with Crippen LogP contribution < -0.4 is 0 Å². The van der Waals surface area contributed by atoms with Crippen molar-refractivity contribution in [2.24, 2.45) is 5.92 Å². The van der Waals surface area contributed by atoms with E-state index >= 15 is 0 Å². The van der Waals surface area contributed by atoms with Crippen molar-refractivity contribution in [1.29, 1.82) is 0 Å². The minimum atomic E-state index is -4.44. The van der Waals surface area contributed by atoms with Gasteiger partial charge in [0.1, 0.15) is 0 Å². The zero-order chi connectivity index (χ0) is 14.9. The summed E-state index contributed by atoms with van der Waals surface area (Å²) in [4.78, 5) is 23.7. The van der Waals surface area contributed by atoms with E-state index in [1.165, 1.54) is 17.0 Å². The van der Waals surface area contributed by atoms with Crippen molar-refractivity contribution in [3.63, 3.8) is 0 Å². The van der Waals surface area contributed by atoms with Gasteiger partial charge in [0.2, 0.25) is 5.91 Å². The summed E-state index contributed by atoms with van der Waals surface area (Å²) >= 11 is 0. The molecule has 0 radical (unpaired) electrons. The molecule has 20 heavy (non-hydrogen) atoms. The number of rotatable bonds is 3. The molecule has 108 valence electrons. The second-order valence-electron chi connectivity index (χ2n) is 4.71. The Hall–Kier alpha value is -2.05. The van der Waals surface area contributed by atoms with Crippen molar-refractivity contribution in [2.45, 2.75) is 19.1 Å². The number of nitrogens with zero attached hydrogens (tertiary/aromatic N) is 1. The highest BCUT2D eigenvalue weighted by atomic mass is 19.4. The lowest BCUT2D eigenvalue weighted by atomic mass is 10.1. The van der Waals surface area contributed by atoms with Crippen LogP contribution in [0, 0.1) is 5.92 Å². The Morgan fingerprint density at radius 2 is 2.10 bits per heavy atom. The zero-order valence-electron chi connectivity index (χ0n) is 10.4. The third-order valence-corrected chi connectivity index (χ3v) is 3.19. The van der Waals surface area contributed by atoms with Crippen LogP contribution in [0.2, 0.25) is 0 Å². The van der Waals surface area contributed by atoms with Crippen molar-refractivity contribution in [2.75, 3.05) is 6.54 Å². The summed E-state index contributed by atoms with van der Waals surface area (Å²) < 4.78 is 37.7. The molecule has 0 bridgehead atoms. The smallest absolute Gasteiger partial charge is 0.416 e. The number of alkyl halides is 3. The molecule has 0 unspecified atom stereocenters. The summed E-state index contributed by atoms with van der Waals surface area (Å²) in [6, 6.07) is 4.68. The van der Waals surface area contributed by atoms with E-state index in [1.807, 2.05) is 0 Å². The molecular weight excluding hydrogens is 275 g/mol. The van der Waals surface area contributed by atoms with E-state index < -0.39 is 23.6 Å². The van der Waals surface area contributed by atoms with E-state index in [2.05, 4.69) is 0 Å². The number of aliphatic carboxylic acids is 1. The Balaban J connectivity index is 2.11. The van der Waals surface area contributed by atoms with Crippen LogP contribution in [-0.4, -0.2) is 28.4 Å². The highest BCUT2D eigenvalue weighted by Gasteiger charge is 2.35.